The number of aryl methyl sites for hydroxylation is 1. The predicted molar refractivity (Wildman–Crippen MR) is 54.2 cm³/mol. The minimum atomic E-state index is 1.14. The van der Waals surface area contributed by atoms with Crippen LogP contribution in [-0.4, -0.2) is 4.98 Å². The van der Waals surface area contributed by atoms with E-state index in [0.29, 0.717) is 0 Å². The van der Waals surface area contributed by atoms with Gasteiger partial charge in [0.15, 0.2) is 0 Å². The molecule has 0 saturated heterocycles. The summed E-state index contributed by atoms with van der Waals surface area (Å²) in [4.78, 5) is 4.13. The van der Waals surface area contributed by atoms with E-state index < -0.39 is 0 Å². The SMILES string of the molecule is Cc1cncc2cccc(Br)c12. The van der Waals surface area contributed by atoms with Gasteiger partial charge in [-0.15, -0.1) is 0 Å². The summed E-state index contributed by atoms with van der Waals surface area (Å²) in [6.45, 7) is 2.07. The highest BCUT2D eigenvalue weighted by Crippen LogP contribution is 2.25. The number of hydrogen-bond acceptors (Lipinski definition) is 1. The Balaban J connectivity index is 2.96. The summed E-state index contributed by atoms with van der Waals surface area (Å²) in [5, 5.41) is 2.44. The van der Waals surface area contributed by atoms with Gasteiger partial charge >= 0.3 is 0 Å². The maximum absolute atomic E-state index is 4.13. The first-order chi connectivity index (χ1) is 5.79. The molecule has 1 aromatic heterocycles. The molecule has 0 radical (unpaired) electrons. The Bertz CT molecular complexity index is 386. The molecule has 1 nitrogen and oxygen atoms in total. The van der Waals surface area contributed by atoms with E-state index >= 15 is 0 Å². The Morgan fingerprint density at radius 2 is 2.08 bits per heavy atom. The van der Waals surface area contributed by atoms with Gasteiger partial charge in [0.1, 0.15) is 0 Å². The molecule has 0 N–H and O–H groups in total. The van der Waals surface area contributed by atoms with Gasteiger partial charge in [0.25, 0.3) is 0 Å². The van der Waals surface area contributed by atoms with Gasteiger partial charge in [0, 0.05) is 27.6 Å². The van der Waals surface area contributed by atoms with Crippen molar-refractivity contribution in [2.75, 3.05) is 0 Å². The Labute approximate surface area is 79.6 Å². The molecule has 1 heterocycles. The molecular formula is C10H8BrN. The van der Waals surface area contributed by atoms with Crippen molar-refractivity contribution in [1.29, 1.82) is 0 Å². The second kappa shape index (κ2) is 2.87. The Hall–Kier alpha value is -0.890. The van der Waals surface area contributed by atoms with Crippen molar-refractivity contribution >= 4 is 26.7 Å². The van der Waals surface area contributed by atoms with E-state index in [1.54, 1.807) is 0 Å². The van der Waals surface area contributed by atoms with Crippen molar-refractivity contribution in [3.63, 3.8) is 0 Å². The molecule has 0 spiro atoms. The van der Waals surface area contributed by atoms with Gasteiger partial charge in [-0.2, -0.15) is 0 Å². The van der Waals surface area contributed by atoms with Crippen LogP contribution in [0.3, 0.4) is 0 Å². The molecule has 0 saturated carbocycles. The molecule has 0 fully saturated rings. The number of aromatic nitrogens is 1. The standard InChI is InChI=1S/C10H8BrN/c1-7-5-12-6-8-3-2-4-9(11)10(7)8/h2-6H,1H3. The van der Waals surface area contributed by atoms with Crippen LogP contribution in [-0.2, 0) is 0 Å². The number of nitrogens with zero attached hydrogens (tertiary/aromatic N) is 1. The number of hydrogen-bond donors (Lipinski definition) is 0. The van der Waals surface area contributed by atoms with Gasteiger partial charge in [0.05, 0.1) is 0 Å². The summed E-state index contributed by atoms with van der Waals surface area (Å²) in [6.07, 6.45) is 3.76. The number of benzene rings is 1. The molecule has 0 amide bonds. The third kappa shape index (κ3) is 1.12. The average molecular weight is 222 g/mol. The molecule has 0 atom stereocenters. The van der Waals surface area contributed by atoms with E-state index in [2.05, 4.69) is 40.0 Å². The molecule has 0 aliphatic rings. The number of halogens is 1. The lowest BCUT2D eigenvalue weighted by atomic mass is 10.1. The van der Waals surface area contributed by atoms with Gasteiger partial charge in [-0.3, -0.25) is 4.98 Å². The highest BCUT2D eigenvalue weighted by Gasteiger charge is 1.99. The van der Waals surface area contributed by atoms with Crippen molar-refractivity contribution in [3.05, 3.63) is 40.6 Å². The number of rotatable bonds is 0. The van der Waals surface area contributed by atoms with Crippen LogP contribution in [0.4, 0.5) is 0 Å². The summed E-state index contributed by atoms with van der Waals surface area (Å²) in [6, 6.07) is 6.14. The molecule has 2 heteroatoms. The fourth-order valence-corrected chi connectivity index (χ4v) is 2.05. The van der Waals surface area contributed by atoms with Crippen molar-refractivity contribution in [2.45, 2.75) is 6.92 Å². The lowest BCUT2D eigenvalue weighted by Gasteiger charge is -2.02. The fourth-order valence-electron chi connectivity index (χ4n) is 1.36. The molecule has 60 valence electrons. The van der Waals surface area contributed by atoms with Gasteiger partial charge in [-0.1, -0.05) is 28.1 Å². The second-order valence-corrected chi connectivity index (χ2v) is 3.65. The average Bonchev–Trinajstić information content (AvgIpc) is 2.04. The Morgan fingerprint density at radius 3 is 2.83 bits per heavy atom. The quantitative estimate of drug-likeness (QED) is 0.666. The van der Waals surface area contributed by atoms with E-state index in [4.69, 9.17) is 0 Å². The largest absolute Gasteiger partial charge is 0.264 e. The molecule has 0 bridgehead atoms. The summed E-state index contributed by atoms with van der Waals surface area (Å²) in [5.74, 6) is 0. The zero-order valence-electron chi connectivity index (χ0n) is 6.71. The highest BCUT2D eigenvalue weighted by molar-refractivity contribution is 9.10. The number of fused-ring (bicyclic) bond motifs is 1. The Morgan fingerprint density at radius 1 is 1.25 bits per heavy atom. The zero-order chi connectivity index (χ0) is 8.55. The lowest BCUT2D eigenvalue weighted by Crippen LogP contribution is -1.81. The first kappa shape index (κ1) is 7.74. The lowest BCUT2D eigenvalue weighted by molar-refractivity contribution is 1.31. The van der Waals surface area contributed by atoms with Crippen molar-refractivity contribution < 1.29 is 0 Å². The van der Waals surface area contributed by atoms with Gasteiger partial charge < -0.3 is 0 Å². The maximum Gasteiger partial charge on any atom is 0.0346 e. The smallest absolute Gasteiger partial charge is 0.0346 e. The van der Waals surface area contributed by atoms with Crippen molar-refractivity contribution in [2.24, 2.45) is 0 Å². The van der Waals surface area contributed by atoms with Gasteiger partial charge in [-0.25, -0.2) is 0 Å². The van der Waals surface area contributed by atoms with E-state index in [0.717, 1.165) is 4.47 Å². The molecule has 1 aromatic carbocycles. The topological polar surface area (TPSA) is 12.9 Å². The van der Waals surface area contributed by atoms with Crippen LogP contribution in [0.2, 0.25) is 0 Å². The van der Waals surface area contributed by atoms with Crippen LogP contribution in [0.5, 0.6) is 0 Å². The first-order valence-electron chi connectivity index (χ1n) is 3.78. The monoisotopic (exact) mass is 221 g/mol. The van der Waals surface area contributed by atoms with Crippen LogP contribution in [0, 0.1) is 6.92 Å². The minimum Gasteiger partial charge on any atom is -0.264 e. The second-order valence-electron chi connectivity index (χ2n) is 2.79. The maximum atomic E-state index is 4.13. The van der Waals surface area contributed by atoms with E-state index in [1.807, 2.05) is 18.5 Å². The van der Waals surface area contributed by atoms with Crippen LogP contribution in [0.25, 0.3) is 10.8 Å². The van der Waals surface area contributed by atoms with E-state index in [9.17, 15) is 0 Å². The zero-order valence-corrected chi connectivity index (χ0v) is 8.30. The molecule has 0 aliphatic carbocycles. The predicted octanol–water partition coefficient (Wildman–Crippen LogP) is 3.31. The first-order valence-corrected chi connectivity index (χ1v) is 4.57. The molecular weight excluding hydrogens is 214 g/mol. The fraction of sp³-hybridized carbons (Fsp3) is 0.100. The van der Waals surface area contributed by atoms with Crippen molar-refractivity contribution in [3.8, 4) is 0 Å². The van der Waals surface area contributed by atoms with Crippen LogP contribution < -0.4 is 0 Å². The molecule has 2 rings (SSSR count). The summed E-state index contributed by atoms with van der Waals surface area (Å²) >= 11 is 3.52. The van der Waals surface area contributed by atoms with Crippen molar-refractivity contribution in [1.82, 2.24) is 4.98 Å². The highest BCUT2D eigenvalue weighted by atomic mass is 79.9. The molecule has 2 aromatic rings. The molecule has 0 aliphatic heterocycles. The van der Waals surface area contributed by atoms with E-state index in [-0.39, 0.29) is 0 Å². The molecule has 12 heavy (non-hydrogen) atoms. The third-order valence-corrected chi connectivity index (χ3v) is 2.58. The van der Waals surface area contributed by atoms with Crippen LogP contribution in [0.1, 0.15) is 5.56 Å². The number of pyridine rings is 1. The third-order valence-electron chi connectivity index (χ3n) is 1.92. The van der Waals surface area contributed by atoms with E-state index in [1.165, 1.54) is 16.3 Å². The Kier molecular flexibility index (Phi) is 1.85. The van der Waals surface area contributed by atoms with Gasteiger partial charge in [0.2, 0.25) is 0 Å². The van der Waals surface area contributed by atoms with Crippen LogP contribution >= 0.6 is 15.9 Å². The minimum absolute atomic E-state index is 1.14. The molecule has 0 unspecified atom stereocenters. The normalized spacial score (nSPS) is 10.5. The van der Waals surface area contributed by atoms with Gasteiger partial charge in [-0.05, 0) is 18.6 Å². The summed E-state index contributed by atoms with van der Waals surface area (Å²) in [5.41, 5.74) is 1.21. The summed E-state index contributed by atoms with van der Waals surface area (Å²) in [7, 11) is 0. The van der Waals surface area contributed by atoms with Crippen LogP contribution in [0.15, 0.2) is 35.1 Å². The summed E-state index contributed by atoms with van der Waals surface area (Å²) < 4.78 is 1.14.